The van der Waals surface area contributed by atoms with Crippen LogP contribution in [-0.2, 0) is 4.79 Å². The molecule has 0 rings (SSSR count). The fraction of sp³-hybridized carbons (Fsp3) is 0.929. The Bertz CT molecular complexity index is 1090. The second-order valence-electron chi connectivity index (χ2n) is 24.0. The summed E-state index contributed by atoms with van der Waals surface area (Å²) in [5.74, 6) is -0.0213. The van der Waals surface area contributed by atoms with Crippen molar-refractivity contribution in [2.45, 2.75) is 411 Å². The van der Waals surface area contributed by atoms with Gasteiger partial charge in [-0.2, -0.15) is 0 Å². The van der Waals surface area contributed by atoms with E-state index in [-0.39, 0.29) is 12.5 Å². The highest BCUT2D eigenvalue weighted by Gasteiger charge is 2.20. The molecular weight excluding hydrogens is 903 g/mol. The van der Waals surface area contributed by atoms with Crippen molar-refractivity contribution in [3.05, 3.63) is 24.3 Å². The van der Waals surface area contributed by atoms with E-state index in [0.717, 1.165) is 32.1 Å². The van der Waals surface area contributed by atoms with Gasteiger partial charge in [-0.25, -0.2) is 0 Å². The summed E-state index contributed by atoms with van der Waals surface area (Å²) in [7, 11) is 0. The Balaban J connectivity index is 3.37. The molecule has 0 aliphatic rings. The SMILES string of the molecule is CCCCCCC/C=C\C/C=C\CCCCCCCCCCCCCCCCCCCCCCCCCCCC(=O)NC(CO)C(O)CCCCCCCCCCCCCCCCCCCCCCCCCCC. The second kappa shape index (κ2) is 66.2. The molecule has 0 radical (unpaired) electrons. The first-order valence-electron chi connectivity index (χ1n) is 34.5. The average Bonchev–Trinajstić information content (AvgIpc) is 3.40. The number of hydrogen-bond donors (Lipinski definition) is 3. The number of nitrogens with one attached hydrogen (secondary N) is 1. The molecule has 0 heterocycles. The van der Waals surface area contributed by atoms with Crippen molar-refractivity contribution in [3.63, 3.8) is 0 Å². The monoisotopic (exact) mass is 1040 g/mol. The van der Waals surface area contributed by atoms with Crippen molar-refractivity contribution in [3.8, 4) is 0 Å². The molecule has 3 N–H and O–H groups in total. The molecule has 440 valence electrons. The van der Waals surface area contributed by atoms with Crippen LogP contribution in [0.4, 0.5) is 0 Å². The summed E-state index contributed by atoms with van der Waals surface area (Å²) in [6.45, 7) is 4.40. The Labute approximate surface area is 466 Å². The quantitative estimate of drug-likeness (QED) is 0.0420. The molecule has 4 nitrogen and oxygen atoms in total. The lowest BCUT2D eigenvalue weighted by Gasteiger charge is -2.22. The van der Waals surface area contributed by atoms with Crippen LogP contribution in [0.3, 0.4) is 0 Å². The van der Waals surface area contributed by atoms with Crippen LogP contribution >= 0.6 is 0 Å². The summed E-state index contributed by atoms with van der Waals surface area (Å²) in [5.41, 5.74) is 0. The van der Waals surface area contributed by atoms with Gasteiger partial charge in [0.15, 0.2) is 0 Å². The van der Waals surface area contributed by atoms with Crippen LogP contribution in [0.1, 0.15) is 399 Å². The van der Waals surface area contributed by atoms with Gasteiger partial charge in [0.05, 0.1) is 18.8 Å². The lowest BCUT2D eigenvalue weighted by Crippen LogP contribution is -2.45. The summed E-state index contributed by atoms with van der Waals surface area (Å²) in [6.07, 6.45) is 89.5. The Kier molecular flexibility index (Phi) is 65.1. The maximum absolute atomic E-state index is 12.6. The van der Waals surface area contributed by atoms with Gasteiger partial charge >= 0.3 is 0 Å². The first-order chi connectivity index (χ1) is 36.7. The lowest BCUT2D eigenvalue weighted by atomic mass is 10.0. The first-order valence-corrected chi connectivity index (χ1v) is 34.5. The summed E-state index contributed by atoms with van der Waals surface area (Å²) in [6, 6.07) is -0.535. The topological polar surface area (TPSA) is 69.6 Å². The molecule has 74 heavy (non-hydrogen) atoms. The Morgan fingerprint density at radius 3 is 0.811 bits per heavy atom. The Hall–Kier alpha value is -1.13. The third kappa shape index (κ3) is 61.7. The van der Waals surface area contributed by atoms with Gasteiger partial charge in [-0.1, -0.05) is 372 Å². The molecule has 0 aromatic carbocycles. The maximum atomic E-state index is 12.6. The number of carbonyl (C=O) groups is 1. The van der Waals surface area contributed by atoms with Gasteiger partial charge < -0.3 is 15.5 Å². The maximum Gasteiger partial charge on any atom is 0.220 e. The highest BCUT2D eigenvalue weighted by molar-refractivity contribution is 5.76. The van der Waals surface area contributed by atoms with Crippen LogP contribution in [0.15, 0.2) is 24.3 Å². The minimum Gasteiger partial charge on any atom is -0.394 e. The summed E-state index contributed by atoms with van der Waals surface area (Å²) in [5, 5.41) is 23.5. The smallest absolute Gasteiger partial charge is 0.220 e. The molecule has 0 aromatic rings. The molecule has 0 aromatic heterocycles. The lowest BCUT2D eigenvalue weighted by molar-refractivity contribution is -0.123. The van der Waals surface area contributed by atoms with Gasteiger partial charge in [-0.15, -0.1) is 0 Å². The number of amides is 1. The van der Waals surface area contributed by atoms with E-state index in [4.69, 9.17) is 0 Å². The summed E-state index contributed by atoms with van der Waals surface area (Å²) in [4.78, 5) is 12.6. The van der Waals surface area contributed by atoms with Crippen molar-refractivity contribution < 1.29 is 15.0 Å². The van der Waals surface area contributed by atoms with E-state index in [9.17, 15) is 15.0 Å². The minimum atomic E-state index is -0.658. The third-order valence-corrected chi connectivity index (χ3v) is 16.5. The standard InChI is InChI=1S/C70H137NO3/c1-3-5-7-9-11-13-15-17-19-21-23-25-27-29-30-31-32-33-34-35-36-37-38-39-40-42-44-46-48-50-52-54-56-58-60-62-64-66-70(74)71-68(67-72)69(73)65-63-61-59-57-55-53-51-49-47-45-43-41-28-26-24-22-20-18-16-14-12-10-8-6-4-2/h15,17,21,23,68-69,72-73H,3-14,16,18-20,22,24-67H2,1-2H3,(H,71,74)/b17-15-,23-21-. The zero-order chi connectivity index (χ0) is 53.4. The van der Waals surface area contributed by atoms with E-state index >= 15 is 0 Å². The number of hydrogen-bond acceptors (Lipinski definition) is 3. The van der Waals surface area contributed by atoms with E-state index in [0.29, 0.717) is 12.8 Å². The van der Waals surface area contributed by atoms with E-state index in [2.05, 4.69) is 43.5 Å². The molecule has 0 fully saturated rings. The molecule has 2 unspecified atom stereocenters. The molecule has 4 heteroatoms. The molecule has 0 aliphatic heterocycles. The average molecular weight is 1040 g/mol. The van der Waals surface area contributed by atoms with Crippen LogP contribution in [0, 0.1) is 0 Å². The van der Waals surface area contributed by atoms with Crippen molar-refractivity contribution in [1.29, 1.82) is 0 Å². The number of unbranched alkanes of at least 4 members (excludes halogenated alkanes) is 54. The molecule has 0 saturated heterocycles. The third-order valence-electron chi connectivity index (χ3n) is 16.5. The molecule has 2 atom stereocenters. The minimum absolute atomic E-state index is 0.0213. The summed E-state index contributed by atoms with van der Waals surface area (Å²) >= 11 is 0. The van der Waals surface area contributed by atoms with Gasteiger partial charge in [0.1, 0.15) is 0 Å². The second-order valence-corrected chi connectivity index (χ2v) is 24.0. The van der Waals surface area contributed by atoms with Crippen LogP contribution in [0.5, 0.6) is 0 Å². The van der Waals surface area contributed by atoms with Crippen LogP contribution in [0.2, 0.25) is 0 Å². The molecular formula is C70H137NO3. The van der Waals surface area contributed by atoms with Gasteiger partial charge in [0.25, 0.3) is 0 Å². The van der Waals surface area contributed by atoms with Crippen molar-refractivity contribution >= 4 is 5.91 Å². The molecule has 0 bridgehead atoms. The number of carbonyl (C=O) groups excluding carboxylic acids is 1. The molecule has 0 aliphatic carbocycles. The zero-order valence-corrected chi connectivity index (χ0v) is 50.9. The van der Waals surface area contributed by atoms with E-state index in [1.165, 1.54) is 340 Å². The Morgan fingerprint density at radius 1 is 0.324 bits per heavy atom. The predicted molar refractivity (Wildman–Crippen MR) is 332 cm³/mol. The van der Waals surface area contributed by atoms with E-state index in [1.54, 1.807) is 0 Å². The number of aliphatic hydroxyl groups excluding tert-OH is 2. The highest BCUT2D eigenvalue weighted by Crippen LogP contribution is 2.19. The number of rotatable bonds is 65. The molecule has 1 amide bonds. The zero-order valence-electron chi connectivity index (χ0n) is 50.9. The number of aliphatic hydroxyl groups is 2. The fourth-order valence-corrected chi connectivity index (χ4v) is 11.2. The van der Waals surface area contributed by atoms with Gasteiger partial charge in [-0.3, -0.25) is 4.79 Å². The van der Waals surface area contributed by atoms with Gasteiger partial charge in [-0.05, 0) is 44.9 Å². The van der Waals surface area contributed by atoms with Crippen molar-refractivity contribution in [2.24, 2.45) is 0 Å². The van der Waals surface area contributed by atoms with Crippen molar-refractivity contribution in [1.82, 2.24) is 5.32 Å². The van der Waals surface area contributed by atoms with E-state index < -0.39 is 12.1 Å². The molecule has 0 spiro atoms. The van der Waals surface area contributed by atoms with Crippen LogP contribution < -0.4 is 5.32 Å². The Morgan fingerprint density at radius 2 is 0.554 bits per heavy atom. The fourth-order valence-electron chi connectivity index (χ4n) is 11.2. The van der Waals surface area contributed by atoms with Crippen LogP contribution in [-0.4, -0.2) is 34.9 Å². The van der Waals surface area contributed by atoms with Crippen LogP contribution in [0.25, 0.3) is 0 Å². The highest BCUT2D eigenvalue weighted by atomic mass is 16.3. The summed E-state index contributed by atoms with van der Waals surface area (Å²) < 4.78 is 0. The van der Waals surface area contributed by atoms with Crippen molar-refractivity contribution in [2.75, 3.05) is 6.61 Å². The predicted octanol–water partition coefficient (Wildman–Crippen LogP) is 23.4. The molecule has 0 saturated carbocycles. The van der Waals surface area contributed by atoms with Gasteiger partial charge in [0, 0.05) is 6.42 Å². The number of allylic oxidation sites excluding steroid dienone is 4. The first kappa shape index (κ1) is 72.9. The normalized spacial score (nSPS) is 12.8. The van der Waals surface area contributed by atoms with Gasteiger partial charge in [0.2, 0.25) is 5.91 Å². The van der Waals surface area contributed by atoms with E-state index in [1.807, 2.05) is 0 Å². The largest absolute Gasteiger partial charge is 0.394 e.